The number of rotatable bonds is 3. The van der Waals surface area contributed by atoms with E-state index in [2.05, 4.69) is 38.1 Å². The normalized spacial score (nSPS) is 12.5. The van der Waals surface area contributed by atoms with Crippen molar-refractivity contribution in [1.82, 2.24) is 10.2 Å². The zero-order chi connectivity index (χ0) is 12.4. The average molecular weight is 384 g/mol. The lowest BCUT2D eigenvalue weighted by atomic mass is 10.3. The smallest absolute Gasteiger partial charge is 0.320 e. The Hall–Kier alpha value is -0.530. The average Bonchev–Trinajstić information content (AvgIpc) is 2.71. The zero-order valence-corrected chi connectivity index (χ0v) is 12.4. The fraction of sp³-hybridized carbons (Fsp3) is 0.200. The maximum atomic E-state index is 6.07. The van der Waals surface area contributed by atoms with Crippen LogP contribution in [0.1, 0.15) is 18.2 Å². The van der Waals surface area contributed by atoms with E-state index in [-0.39, 0.29) is 11.4 Å². The van der Waals surface area contributed by atoms with Crippen LogP contribution in [0.3, 0.4) is 0 Å². The van der Waals surface area contributed by atoms with Crippen molar-refractivity contribution < 1.29 is 4.42 Å². The lowest BCUT2D eigenvalue weighted by Crippen LogP contribution is -1.91. The van der Waals surface area contributed by atoms with Gasteiger partial charge in [0.25, 0.3) is 0 Å². The molecule has 0 aliphatic rings. The molecule has 0 spiro atoms. The molecule has 0 aliphatic carbocycles. The summed E-state index contributed by atoms with van der Waals surface area (Å²) in [4.78, 5) is 0. The second kappa shape index (κ2) is 5.41. The first kappa shape index (κ1) is 12.9. The Morgan fingerprint density at radius 1 is 1.41 bits per heavy atom. The minimum atomic E-state index is -0.315. The molecule has 0 bridgehead atoms. The van der Waals surface area contributed by atoms with Crippen LogP contribution in [-0.4, -0.2) is 10.2 Å². The van der Waals surface area contributed by atoms with Gasteiger partial charge in [-0.05, 0) is 47.7 Å². The van der Waals surface area contributed by atoms with E-state index >= 15 is 0 Å². The molecule has 7 heteroatoms. The second-order valence-electron chi connectivity index (χ2n) is 3.31. The van der Waals surface area contributed by atoms with Gasteiger partial charge < -0.3 is 9.73 Å². The quantitative estimate of drug-likeness (QED) is 0.631. The van der Waals surface area contributed by atoms with Crippen LogP contribution in [0.15, 0.2) is 22.6 Å². The summed E-state index contributed by atoms with van der Waals surface area (Å²) in [5.41, 5.74) is 0.713. The van der Waals surface area contributed by atoms with Gasteiger partial charge in [-0.2, -0.15) is 0 Å². The summed E-state index contributed by atoms with van der Waals surface area (Å²) in [6.07, 6.45) is 0. The number of aromatic nitrogens is 2. The van der Waals surface area contributed by atoms with Crippen LogP contribution in [0.2, 0.25) is 5.02 Å². The number of anilines is 2. The van der Waals surface area contributed by atoms with Gasteiger partial charge in [0.15, 0.2) is 0 Å². The number of alkyl halides is 1. The van der Waals surface area contributed by atoms with Crippen LogP contribution >= 0.6 is 45.8 Å². The SMILES string of the molecule is CC(Cl)c1nnc(Nc2ccc(I)cc2Cl)o1. The molecule has 1 aromatic heterocycles. The molecule has 1 unspecified atom stereocenters. The zero-order valence-electron chi connectivity index (χ0n) is 8.75. The van der Waals surface area contributed by atoms with Crippen LogP contribution in [0.25, 0.3) is 0 Å². The Morgan fingerprint density at radius 2 is 2.18 bits per heavy atom. The standard InChI is InChI=1S/C10H8Cl2IN3O/c1-5(11)9-15-16-10(17-9)14-8-3-2-6(13)4-7(8)12/h2-5H,1H3,(H,14,16). The van der Waals surface area contributed by atoms with Crippen molar-refractivity contribution in [3.05, 3.63) is 32.7 Å². The summed E-state index contributed by atoms with van der Waals surface area (Å²) in [6.45, 7) is 1.76. The van der Waals surface area contributed by atoms with E-state index < -0.39 is 0 Å². The number of benzene rings is 1. The third-order valence-corrected chi connectivity index (χ3v) is 3.12. The number of halogens is 3. The van der Waals surface area contributed by atoms with Crippen molar-refractivity contribution in [3.8, 4) is 0 Å². The number of hydrogen-bond acceptors (Lipinski definition) is 4. The van der Waals surface area contributed by atoms with Gasteiger partial charge in [-0.3, -0.25) is 0 Å². The molecule has 2 aromatic rings. The molecule has 0 amide bonds. The summed E-state index contributed by atoms with van der Waals surface area (Å²) in [5, 5.41) is 10.8. The predicted octanol–water partition coefficient (Wildman–Crippen LogP) is 4.37. The lowest BCUT2D eigenvalue weighted by molar-refractivity contribution is 0.510. The number of nitrogens with one attached hydrogen (secondary N) is 1. The Kier molecular flexibility index (Phi) is 4.11. The van der Waals surface area contributed by atoms with Crippen LogP contribution < -0.4 is 5.32 Å². The minimum absolute atomic E-state index is 0.274. The molecule has 0 fully saturated rings. The molecule has 4 nitrogen and oxygen atoms in total. The van der Waals surface area contributed by atoms with E-state index in [0.717, 1.165) is 3.57 Å². The first-order chi connectivity index (χ1) is 8.06. The third-order valence-electron chi connectivity index (χ3n) is 1.95. The van der Waals surface area contributed by atoms with Crippen molar-refractivity contribution in [1.29, 1.82) is 0 Å². The van der Waals surface area contributed by atoms with Gasteiger partial charge >= 0.3 is 6.01 Å². The van der Waals surface area contributed by atoms with E-state index in [1.54, 1.807) is 6.92 Å². The molecule has 1 atom stereocenters. The second-order valence-corrected chi connectivity index (χ2v) is 5.62. The largest absolute Gasteiger partial charge is 0.406 e. The van der Waals surface area contributed by atoms with Gasteiger partial charge in [0.1, 0.15) is 5.38 Å². The van der Waals surface area contributed by atoms with E-state index in [1.165, 1.54) is 0 Å². The molecule has 90 valence electrons. The van der Waals surface area contributed by atoms with Gasteiger partial charge in [0.2, 0.25) is 5.89 Å². The van der Waals surface area contributed by atoms with Gasteiger partial charge in [-0.1, -0.05) is 16.7 Å². The maximum absolute atomic E-state index is 6.07. The van der Waals surface area contributed by atoms with E-state index in [9.17, 15) is 0 Å². The molecule has 0 radical (unpaired) electrons. The summed E-state index contributed by atoms with van der Waals surface area (Å²) in [7, 11) is 0. The molecule has 0 aliphatic heterocycles. The Labute approximate surface area is 122 Å². The maximum Gasteiger partial charge on any atom is 0.320 e. The molecule has 17 heavy (non-hydrogen) atoms. The predicted molar refractivity (Wildman–Crippen MR) is 76.0 cm³/mol. The van der Waals surface area contributed by atoms with E-state index in [4.69, 9.17) is 27.6 Å². The Bertz CT molecular complexity index is 530. The third kappa shape index (κ3) is 3.23. The number of nitrogens with zero attached hydrogens (tertiary/aromatic N) is 2. The molecule has 1 aromatic carbocycles. The van der Waals surface area contributed by atoms with Crippen molar-refractivity contribution in [2.45, 2.75) is 12.3 Å². The summed E-state index contributed by atoms with van der Waals surface area (Å²) in [6, 6.07) is 5.89. The fourth-order valence-electron chi connectivity index (χ4n) is 1.15. The van der Waals surface area contributed by atoms with Crippen molar-refractivity contribution >= 4 is 57.5 Å². The number of hydrogen-bond donors (Lipinski definition) is 1. The van der Waals surface area contributed by atoms with Gasteiger partial charge in [0.05, 0.1) is 10.7 Å². The van der Waals surface area contributed by atoms with Crippen molar-refractivity contribution in [2.24, 2.45) is 0 Å². The molecule has 1 heterocycles. The van der Waals surface area contributed by atoms with Crippen LogP contribution in [0.5, 0.6) is 0 Å². The highest BCUT2D eigenvalue weighted by Crippen LogP contribution is 2.27. The summed E-state index contributed by atoms with van der Waals surface area (Å²) in [5.74, 6) is 0.371. The first-order valence-electron chi connectivity index (χ1n) is 4.76. The van der Waals surface area contributed by atoms with Gasteiger partial charge in [-0.15, -0.1) is 16.7 Å². The molecule has 0 saturated carbocycles. The van der Waals surface area contributed by atoms with Crippen molar-refractivity contribution in [3.63, 3.8) is 0 Å². The topological polar surface area (TPSA) is 51.0 Å². The molecular formula is C10H8Cl2IN3O. The molecule has 2 rings (SSSR count). The van der Waals surface area contributed by atoms with E-state index in [0.29, 0.717) is 16.6 Å². The van der Waals surface area contributed by atoms with E-state index in [1.807, 2.05) is 18.2 Å². The minimum Gasteiger partial charge on any atom is -0.406 e. The summed E-state index contributed by atoms with van der Waals surface area (Å²) < 4.78 is 6.36. The monoisotopic (exact) mass is 383 g/mol. The first-order valence-corrected chi connectivity index (χ1v) is 6.65. The highest BCUT2D eigenvalue weighted by atomic mass is 127. The van der Waals surface area contributed by atoms with Crippen LogP contribution in [0.4, 0.5) is 11.7 Å². The highest BCUT2D eigenvalue weighted by Gasteiger charge is 2.12. The van der Waals surface area contributed by atoms with Gasteiger partial charge in [0, 0.05) is 3.57 Å². The molecular weight excluding hydrogens is 376 g/mol. The Balaban J connectivity index is 2.19. The molecule has 1 N–H and O–H groups in total. The fourth-order valence-corrected chi connectivity index (χ4v) is 2.14. The summed E-state index contributed by atoms with van der Waals surface area (Å²) >= 11 is 14.1. The Morgan fingerprint density at radius 3 is 2.76 bits per heavy atom. The van der Waals surface area contributed by atoms with Crippen LogP contribution in [0, 0.1) is 3.57 Å². The highest BCUT2D eigenvalue weighted by molar-refractivity contribution is 14.1. The van der Waals surface area contributed by atoms with Crippen molar-refractivity contribution in [2.75, 3.05) is 5.32 Å². The lowest BCUT2D eigenvalue weighted by Gasteiger charge is -2.04. The molecule has 0 saturated heterocycles. The van der Waals surface area contributed by atoms with Crippen LogP contribution in [-0.2, 0) is 0 Å². The van der Waals surface area contributed by atoms with Gasteiger partial charge in [-0.25, -0.2) is 0 Å².